The molecule has 0 saturated carbocycles. The fourth-order valence-electron chi connectivity index (χ4n) is 7.61. The van der Waals surface area contributed by atoms with E-state index >= 15 is 0 Å². The van der Waals surface area contributed by atoms with Gasteiger partial charge in [0, 0.05) is 19.5 Å². The summed E-state index contributed by atoms with van der Waals surface area (Å²) in [7, 11) is 5.79. The van der Waals surface area contributed by atoms with Crippen molar-refractivity contribution >= 4 is 82.9 Å². The van der Waals surface area contributed by atoms with Crippen LogP contribution in [-0.2, 0) is 57.5 Å². The zero-order valence-electron chi connectivity index (χ0n) is 51.6. The second-order valence-corrected chi connectivity index (χ2v) is 21.8. The summed E-state index contributed by atoms with van der Waals surface area (Å²) >= 11 is 0. The largest absolute Gasteiger partial charge is 0.548 e. The Kier molecular flexibility index (Phi) is 39.7. The quantitative estimate of drug-likeness (QED) is 0.0117. The van der Waals surface area contributed by atoms with E-state index in [1.807, 2.05) is 21.1 Å². The SMILES string of the molecule is C[C@H](N)C(=O)N[C@@H](CCCN=C(N)N)C(=O)N[C@H](C(=O)N[C@@H](CCCC[N+](C)(C)C)C(=O)N[C@@H](CCC(N)=O)C(=O)N[C@H](C(=O)N[C@@H](C)C(=O)N[C@@H](CCCN=C(N)N)C(=O)N[C@@H](CCCCN)C(=O)N[C@@H](CO)C(=O)[O-])[C@@H](C)O)[C@@H](C)O.O=C(O)C(F)(F)F. The third kappa shape index (κ3) is 36.9. The van der Waals surface area contributed by atoms with E-state index in [4.69, 9.17) is 50.0 Å². The van der Waals surface area contributed by atoms with Gasteiger partial charge in [0.25, 0.3) is 0 Å². The number of aliphatic imine (C=N–C) groups is 2. The number of carboxylic acids is 2. The number of halogens is 3. The van der Waals surface area contributed by atoms with Gasteiger partial charge in [0.05, 0.1) is 64.6 Å². The van der Waals surface area contributed by atoms with Gasteiger partial charge in [-0.2, -0.15) is 13.2 Å². The number of aliphatic hydroxyl groups excluding tert-OH is 3. The summed E-state index contributed by atoms with van der Waals surface area (Å²) in [5.41, 5.74) is 38.4. The molecule has 12 atom stereocenters. The molecule has 0 spiro atoms. The normalized spacial score (nSPS) is 15.2. The number of hydrogen-bond acceptors (Lipinski definition) is 20. The molecular weight excluding hydrogens is 1210 g/mol. The number of nitrogens with one attached hydrogen (secondary N) is 9. The van der Waals surface area contributed by atoms with Crippen LogP contribution in [0.3, 0.4) is 0 Å². The number of guanidine groups is 2. The van der Waals surface area contributed by atoms with E-state index in [2.05, 4.69) is 57.8 Å². The molecule has 516 valence electrons. The van der Waals surface area contributed by atoms with E-state index in [0.29, 0.717) is 30.3 Å². The number of carboxylic acid groups (broad SMARTS) is 2. The number of alkyl halides is 3. The van der Waals surface area contributed by atoms with Crippen molar-refractivity contribution in [2.75, 3.05) is 53.9 Å². The molecule has 0 aromatic carbocycles. The number of nitrogens with two attached hydrogens (primary N) is 7. The summed E-state index contributed by atoms with van der Waals surface area (Å²) < 4.78 is 32.3. The van der Waals surface area contributed by atoms with E-state index < -0.39 is 169 Å². The molecule has 27 N–H and O–H groups in total. The summed E-state index contributed by atoms with van der Waals surface area (Å²) in [6.45, 7) is 4.72. The summed E-state index contributed by atoms with van der Waals surface area (Å²) in [5.74, 6) is -14.9. The number of quaternary nitrogens is 1. The Hall–Kier alpha value is -8.27. The minimum absolute atomic E-state index is 0.0193. The van der Waals surface area contributed by atoms with E-state index in [1.165, 1.54) is 20.8 Å². The van der Waals surface area contributed by atoms with Crippen molar-refractivity contribution < 1.29 is 101 Å². The predicted molar refractivity (Wildman–Crippen MR) is 314 cm³/mol. The number of aliphatic hydroxyl groups is 3. The maximum Gasteiger partial charge on any atom is 0.490 e. The number of rotatable bonds is 42. The van der Waals surface area contributed by atoms with E-state index in [9.17, 15) is 86.3 Å². The third-order valence-corrected chi connectivity index (χ3v) is 12.6. The Morgan fingerprint density at radius 2 is 0.833 bits per heavy atom. The van der Waals surface area contributed by atoms with Crippen molar-refractivity contribution in [2.24, 2.45) is 50.1 Å². The molecule has 0 aromatic rings. The van der Waals surface area contributed by atoms with E-state index in [1.54, 1.807) is 0 Å². The fourth-order valence-corrected chi connectivity index (χ4v) is 7.61. The van der Waals surface area contributed by atoms with Crippen LogP contribution in [0.2, 0.25) is 0 Å². The Bertz CT molecular complexity index is 2430. The first-order valence-corrected chi connectivity index (χ1v) is 28.5. The molecule has 0 unspecified atom stereocenters. The van der Waals surface area contributed by atoms with Gasteiger partial charge in [0.2, 0.25) is 59.1 Å². The number of carbonyl (C=O) groups excluding carboxylic acids is 11. The number of amides is 10. The highest BCUT2D eigenvalue weighted by Crippen LogP contribution is 2.14. The molecule has 0 aromatic heterocycles. The zero-order chi connectivity index (χ0) is 69.8. The lowest BCUT2D eigenvalue weighted by molar-refractivity contribution is -0.870. The van der Waals surface area contributed by atoms with Gasteiger partial charge in [0.15, 0.2) is 11.9 Å². The summed E-state index contributed by atoms with van der Waals surface area (Å²) in [4.78, 5) is 163. The zero-order valence-corrected chi connectivity index (χ0v) is 51.6. The van der Waals surface area contributed by atoms with Crippen LogP contribution >= 0.6 is 0 Å². The van der Waals surface area contributed by atoms with Crippen LogP contribution in [-0.4, -0.2) is 241 Å². The highest BCUT2D eigenvalue weighted by molar-refractivity contribution is 5.99. The van der Waals surface area contributed by atoms with Crippen LogP contribution in [0.1, 0.15) is 105 Å². The summed E-state index contributed by atoms with van der Waals surface area (Å²) in [5, 5.41) is 71.1. The number of nitrogens with zero attached hydrogens (tertiary/aromatic N) is 3. The average molecular weight is 1300 g/mol. The van der Waals surface area contributed by atoms with E-state index in [-0.39, 0.29) is 76.5 Å². The first-order valence-electron chi connectivity index (χ1n) is 28.5. The molecule has 10 amide bonds. The molecule has 90 heavy (non-hydrogen) atoms. The minimum atomic E-state index is -5.08. The highest BCUT2D eigenvalue weighted by Gasteiger charge is 2.39. The number of primary amides is 1. The van der Waals surface area contributed by atoms with Gasteiger partial charge in [-0.15, -0.1) is 0 Å². The maximum atomic E-state index is 14.2. The van der Waals surface area contributed by atoms with Gasteiger partial charge in [-0.25, -0.2) is 4.79 Å². The van der Waals surface area contributed by atoms with Gasteiger partial charge < -0.3 is 123 Å². The average Bonchev–Trinajstić information content (AvgIpc) is 1.16. The van der Waals surface area contributed by atoms with Crippen molar-refractivity contribution in [2.45, 2.75) is 184 Å². The molecule has 36 nitrogen and oxygen atoms in total. The van der Waals surface area contributed by atoms with Gasteiger partial charge >= 0.3 is 12.1 Å². The molecule has 39 heteroatoms. The maximum absolute atomic E-state index is 14.2. The molecule has 0 saturated heterocycles. The van der Waals surface area contributed by atoms with Crippen LogP contribution < -0.4 is 93.1 Å². The van der Waals surface area contributed by atoms with Crippen molar-refractivity contribution in [3.63, 3.8) is 0 Å². The molecule has 0 radical (unpaired) electrons. The Morgan fingerprint density at radius 3 is 1.17 bits per heavy atom. The van der Waals surface area contributed by atoms with Crippen molar-refractivity contribution in [3.05, 3.63) is 0 Å². The number of aliphatic carboxylic acids is 2. The van der Waals surface area contributed by atoms with Gasteiger partial charge in [-0.1, -0.05) is 0 Å². The summed E-state index contributed by atoms with van der Waals surface area (Å²) in [6, 6.07) is -15.3. The lowest BCUT2D eigenvalue weighted by Gasteiger charge is -2.29. The van der Waals surface area contributed by atoms with Crippen LogP contribution in [0.25, 0.3) is 0 Å². The molecule has 0 heterocycles. The van der Waals surface area contributed by atoms with Gasteiger partial charge in [-0.3, -0.25) is 57.9 Å². The third-order valence-electron chi connectivity index (χ3n) is 12.6. The van der Waals surface area contributed by atoms with Gasteiger partial charge in [0.1, 0.15) is 48.3 Å². The van der Waals surface area contributed by atoms with Crippen molar-refractivity contribution in [1.82, 2.24) is 47.9 Å². The molecule has 0 bridgehead atoms. The standard InChI is InChI=1S/C49H93N19O15.C2HF3O2/c1-25(51)38(73)60-32(17-13-22-58-49(55)56)43(78)67-37(28(4)71)46(81)64-30(15-9-11-23-68(5,6)7)40(75)63-33(18-19-35(52)72)44(79)66-36(27(3)70)45(80)59-26(2)39(74)61-31(16-12-21-57-48(53)54)41(76)62-29(14-8-10-20-50)42(77)65-34(24-69)47(82)83;3-2(4,5)1(6)7/h25-34,36-37,69-71H,8-24,50-51H2,1-7H3,(H19-,52,53,54,55,56,57,58,59,60,61,62,63,64,65,66,67,72,73,74,75,76,77,78,79,80,81,82,83);(H,6,7)/t25-,26-,27+,28+,29-,30-,31-,32-,33-,34-,36-,37-;/m0./s1. The smallest absolute Gasteiger partial charge is 0.490 e. The lowest BCUT2D eigenvalue weighted by atomic mass is 10.0. The van der Waals surface area contributed by atoms with Crippen LogP contribution in [0.15, 0.2) is 9.98 Å². The van der Waals surface area contributed by atoms with Crippen LogP contribution in [0, 0.1) is 0 Å². The summed E-state index contributed by atoms with van der Waals surface area (Å²) in [6.07, 6.45) is -7.90. The Labute approximate surface area is 517 Å². The second-order valence-electron chi connectivity index (χ2n) is 21.8. The molecule has 0 aliphatic rings. The fraction of sp³-hybridized carbons (Fsp3) is 0.725. The molecular formula is C51H94F3N19O17. The number of unbranched alkanes of at least 4 members (excludes halogenated alkanes) is 2. The molecule has 0 rings (SSSR count). The first kappa shape index (κ1) is 83.8. The second kappa shape index (κ2) is 42.6. The van der Waals surface area contributed by atoms with E-state index in [0.717, 1.165) is 6.92 Å². The molecule has 0 aliphatic heterocycles. The number of hydrogen-bond donors (Lipinski definition) is 20. The molecule has 0 fully saturated rings. The minimum Gasteiger partial charge on any atom is -0.548 e. The molecule has 0 aliphatic carbocycles. The highest BCUT2D eigenvalue weighted by atomic mass is 19.4. The predicted octanol–water partition coefficient (Wildman–Crippen LogP) is -9.77. The Balaban J connectivity index is 0. The lowest BCUT2D eigenvalue weighted by Crippen LogP contribution is -2.62. The number of carbonyl (C=O) groups is 12. The van der Waals surface area contributed by atoms with Crippen molar-refractivity contribution in [3.8, 4) is 0 Å². The van der Waals surface area contributed by atoms with Crippen molar-refractivity contribution in [1.29, 1.82) is 0 Å². The van der Waals surface area contributed by atoms with Gasteiger partial charge in [-0.05, 0) is 105 Å². The van der Waals surface area contributed by atoms with Crippen LogP contribution in [0.4, 0.5) is 13.2 Å². The van der Waals surface area contributed by atoms with Crippen LogP contribution in [0.5, 0.6) is 0 Å². The first-order chi connectivity index (χ1) is 41.6. The monoisotopic (exact) mass is 1300 g/mol. The Morgan fingerprint density at radius 1 is 0.500 bits per heavy atom. The topological polar surface area (TPSA) is 624 Å².